The van der Waals surface area contributed by atoms with E-state index in [0.29, 0.717) is 0 Å². The fourth-order valence-corrected chi connectivity index (χ4v) is 1.94. The predicted molar refractivity (Wildman–Crippen MR) is 52.7 cm³/mol. The van der Waals surface area contributed by atoms with Gasteiger partial charge in [0.25, 0.3) is 0 Å². The largest absolute Gasteiger partial charge is 0.376 e. The third kappa shape index (κ3) is 2.59. The van der Waals surface area contributed by atoms with Gasteiger partial charge in [0.15, 0.2) is 0 Å². The Morgan fingerprint density at radius 1 is 1.50 bits per heavy atom. The molecule has 2 nitrogen and oxygen atoms in total. The lowest BCUT2D eigenvalue weighted by Crippen LogP contribution is -2.05. The maximum Gasteiger partial charge on any atom is 0.0727 e. The first kappa shape index (κ1) is 9.71. The summed E-state index contributed by atoms with van der Waals surface area (Å²) in [5, 5.41) is 4.89. The zero-order valence-corrected chi connectivity index (χ0v) is 8.41. The van der Waals surface area contributed by atoms with Gasteiger partial charge in [-0.05, 0) is 31.1 Å². The fraction of sp³-hybridized carbons (Fsp3) is 0.556. The van der Waals surface area contributed by atoms with E-state index in [2.05, 4.69) is 16.8 Å². The molecule has 3 heteroatoms. The van der Waals surface area contributed by atoms with Gasteiger partial charge in [-0.25, -0.2) is 0 Å². The molecule has 0 atom stereocenters. The third-order valence-corrected chi connectivity index (χ3v) is 2.59. The number of nitrogens with one attached hydrogen (secondary N) is 1. The van der Waals surface area contributed by atoms with Gasteiger partial charge in [-0.1, -0.05) is 0 Å². The van der Waals surface area contributed by atoms with Crippen molar-refractivity contribution in [2.45, 2.75) is 13.0 Å². The molecule has 0 radical (unpaired) electrons. The van der Waals surface area contributed by atoms with Crippen LogP contribution in [0, 0.1) is 0 Å². The van der Waals surface area contributed by atoms with Crippen LogP contribution in [-0.2, 0) is 17.8 Å². The highest BCUT2D eigenvalue weighted by atomic mass is 32.1. The summed E-state index contributed by atoms with van der Waals surface area (Å²) in [6, 6.07) is 2.15. The molecule has 0 aliphatic carbocycles. The molecular weight excluding hydrogens is 170 g/mol. The lowest BCUT2D eigenvalue weighted by Gasteiger charge is -2.10. The summed E-state index contributed by atoms with van der Waals surface area (Å²) in [4.78, 5) is 1.52. The standard InChI is InChI=1S/C7H8OS.C2H7N/c1-3-8-5-6-2-4-9-7(1)6;1-3-2/h2,4H,1,3,5H2;3H,1-2H3. The molecular formula is C9H15NOS. The third-order valence-electron chi connectivity index (χ3n) is 1.57. The van der Waals surface area contributed by atoms with Gasteiger partial charge in [0.2, 0.25) is 0 Å². The maximum absolute atomic E-state index is 5.26. The Bertz CT molecular complexity index is 202. The van der Waals surface area contributed by atoms with Crippen LogP contribution in [0.3, 0.4) is 0 Å². The van der Waals surface area contributed by atoms with E-state index in [1.54, 1.807) is 0 Å². The summed E-state index contributed by atoms with van der Waals surface area (Å²) in [5.74, 6) is 0. The first-order chi connectivity index (χ1) is 5.88. The molecule has 12 heavy (non-hydrogen) atoms. The maximum atomic E-state index is 5.26. The Labute approximate surface area is 77.6 Å². The highest BCUT2D eigenvalue weighted by Crippen LogP contribution is 2.21. The summed E-state index contributed by atoms with van der Waals surface area (Å²) in [7, 11) is 3.75. The summed E-state index contributed by atoms with van der Waals surface area (Å²) in [6.07, 6.45) is 1.12. The Kier molecular flexibility index (Phi) is 4.29. The van der Waals surface area contributed by atoms with Crippen LogP contribution in [0.5, 0.6) is 0 Å². The minimum Gasteiger partial charge on any atom is -0.376 e. The average Bonchev–Trinajstić information content (AvgIpc) is 2.52. The Balaban J connectivity index is 0.000000213. The second-order valence-electron chi connectivity index (χ2n) is 2.67. The topological polar surface area (TPSA) is 21.3 Å². The Hall–Kier alpha value is -0.380. The van der Waals surface area contributed by atoms with Crippen molar-refractivity contribution >= 4 is 11.3 Å². The molecule has 0 unspecified atom stereocenters. The van der Waals surface area contributed by atoms with Gasteiger partial charge in [0.05, 0.1) is 13.2 Å². The smallest absolute Gasteiger partial charge is 0.0727 e. The predicted octanol–water partition coefficient (Wildman–Crippen LogP) is 1.66. The van der Waals surface area contributed by atoms with Crippen LogP contribution in [0.4, 0.5) is 0 Å². The van der Waals surface area contributed by atoms with Crippen molar-refractivity contribution in [2.75, 3.05) is 20.7 Å². The highest BCUT2D eigenvalue weighted by molar-refractivity contribution is 7.10. The zero-order valence-electron chi connectivity index (χ0n) is 7.59. The van der Waals surface area contributed by atoms with E-state index in [4.69, 9.17) is 4.74 Å². The highest BCUT2D eigenvalue weighted by Gasteiger charge is 2.08. The summed E-state index contributed by atoms with van der Waals surface area (Å²) >= 11 is 1.85. The number of thiophene rings is 1. The number of ether oxygens (including phenoxy) is 1. The van der Waals surface area contributed by atoms with E-state index in [0.717, 1.165) is 19.6 Å². The molecule has 68 valence electrons. The molecule has 0 bridgehead atoms. The molecule has 0 amide bonds. The Morgan fingerprint density at radius 3 is 2.92 bits per heavy atom. The van der Waals surface area contributed by atoms with Gasteiger partial charge in [0.1, 0.15) is 0 Å². The molecule has 0 aromatic carbocycles. The van der Waals surface area contributed by atoms with Gasteiger partial charge in [-0.15, -0.1) is 11.3 Å². The summed E-state index contributed by atoms with van der Waals surface area (Å²) in [5.41, 5.74) is 1.39. The van der Waals surface area contributed by atoms with Crippen molar-refractivity contribution in [1.29, 1.82) is 0 Å². The van der Waals surface area contributed by atoms with Crippen LogP contribution in [0.15, 0.2) is 11.4 Å². The number of hydrogen-bond acceptors (Lipinski definition) is 3. The molecule has 2 heterocycles. The lowest BCUT2D eigenvalue weighted by atomic mass is 10.2. The molecule has 0 fully saturated rings. The zero-order chi connectivity index (χ0) is 8.81. The molecule has 1 N–H and O–H groups in total. The van der Waals surface area contributed by atoms with Gasteiger partial charge >= 0.3 is 0 Å². The van der Waals surface area contributed by atoms with Gasteiger partial charge in [-0.3, -0.25) is 0 Å². The number of hydrogen-bond donors (Lipinski definition) is 1. The second-order valence-corrected chi connectivity index (χ2v) is 3.67. The van der Waals surface area contributed by atoms with Crippen molar-refractivity contribution in [2.24, 2.45) is 0 Å². The molecule has 0 saturated heterocycles. The van der Waals surface area contributed by atoms with Crippen LogP contribution in [0.1, 0.15) is 10.4 Å². The van der Waals surface area contributed by atoms with Crippen molar-refractivity contribution in [3.8, 4) is 0 Å². The van der Waals surface area contributed by atoms with Crippen molar-refractivity contribution in [3.05, 3.63) is 21.9 Å². The summed E-state index contributed by atoms with van der Waals surface area (Å²) < 4.78 is 5.26. The normalized spacial score (nSPS) is 14.5. The van der Waals surface area contributed by atoms with Crippen LogP contribution in [0.25, 0.3) is 0 Å². The number of fused-ring (bicyclic) bond motifs is 1. The van der Waals surface area contributed by atoms with Crippen LogP contribution in [-0.4, -0.2) is 20.7 Å². The van der Waals surface area contributed by atoms with E-state index in [1.165, 1.54) is 10.4 Å². The van der Waals surface area contributed by atoms with Crippen LogP contribution >= 0.6 is 11.3 Å². The monoisotopic (exact) mass is 185 g/mol. The fourth-order valence-electron chi connectivity index (χ4n) is 1.06. The van der Waals surface area contributed by atoms with Crippen molar-refractivity contribution < 1.29 is 4.74 Å². The minimum absolute atomic E-state index is 0.832. The quantitative estimate of drug-likeness (QED) is 0.663. The van der Waals surface area contributed by atoms with Crippen LogP contribution in [0.2, 0.25) is 0 Å². The van der Waals surface area contributed by atoms with E-state index in [9.17, 15) is 0 Å². The van der Waals surface area contributed by atoms with Crippen molar-refractivity contribution in [1.82, 2.24) is 5.32 Å². The van der Waals surface area contributed by atoms with Gasteiger partial charge in [-0.2, -0.15) is 0 Å². The molecule has 1 aromatic rings. The second kappa shape index (κ2) is 5.30. The van der Waals surface area contributed by atoms with Crippen molar-refractivity contribution in [3.63, 3.8) is 0 Å². The van der Waals surface area contributed by atoms with Gasteiger partial charge in [0, 0.05) is 11.3 Å². The van der Waals surface area contributed by atoms with E-state index in [1.807, 2.05) is 25.4 Å². The first-order valence-corrected chi connectivity index (χ1v) is 4.98. The average molecular weight is 185 g/mol. The van der Waals surface area contributed by atoms with Gasteiger partial charge < -0.3 is 10.1 Å². The van der Waals surface area contributed by atoms with E-state index < -0.39 is 0 Å². The van der Waals surface area contributed by atoms with Crippen LogP contribution < -0.4 is 5.32 Å². The Morgan fingerprint density at radius 2 is 2.25 bits per heavy atom. The molecule has 0 saturated carbocycles. The van der Waals surface area contributed by atoms with E-state index in [-0.39, 0.29) is 0 Å². The molecule has 2 rings (SSSR count). The van der Waals surface area contributed by atoms with E-state index >= 15 is 0 Å². The number of rotatable bonds is 0. The molecule has 1 aromatic heterocycles. The molecule has 0 spiro atoms. The summed E-state index contributed by atoms with van der Waals surface area (Å²) in [6.45, 7) is 1.74. The minimum atomic E-state index is 0.832. The lowest BCUT2D eigenvalue weighted by molar-refractivity contribution is 0.112. The SMILES string of the molecule is CNC.c1cc2c(s1)CCOC2. The molecule has 1 aliphatic heterocycles. The molecule has 1 aliphatic rings. The first-order valence-electron chi connectivity index (χ1n) is 4.10.